The van der Waals surface area contributed by atoms with E-state index in [9.17, 15) is 14.4 Å². The number of nitrogens with one attached hydrogen (secondary N) is 2. The molecule has 0 aliphatic rings. The van der Waals surface area contributed by atoms with Crippen molar-refractivity contribution in [1.29, 1.82) is 0 Å². The Morgan fingerprint density at radius 2 is 1.87 bits per heavy atom. The molecule has 2 aromatic heterocycles. The van der Waals surface area contributed by atoms with E-state index in [1.165, 1.54) is 48.0 Å². The second-order valence-corrected chi connectivity index (χ2v) is 8.27. The lowest BCUT2D eigenvalue weighted by Gasteiger charge is -2.08. The number of hydrogen-bond acceptors (Lipinski definition) is 6. The highest BCUT2D eigenvalue weighted by molar-refractivity contribution is 7.15. The summed E-state index contributed by atoms with van der Waals surface area (Å²) in [5.41, 5.74) is 0.0809. The Morgan fingerprint density at radius 3 is 2.63 bits per heavy atom. The molecule has 0 saturated carbocycles. The maximum Gasteiger partial charge on any atom is 0.316 e. The van der Waals surface area contributed by atoms with Crippen LogP contribution in [0.3, 0.4) is 0 Å². The van der Waals surface area contributed by atoms with Gasteiger partial charge in [0.25, 0.3) is 5.91 Å². The molecule has 2 N–H and O–H groups in total. The van der Waals surface area contributed by atoms with Gasteiger partial charge in [-0.25, -0.2) is 0 Å². The number of aryl methyl sites for hydroxylation is 2. The minimum absolute atomic E-state index is 0.339. The van der Waals surface area contributed by atoms with Gasteiger partial charge in [-0.15, -0.1) is 10.2 Å². The Hall–Kier alpha value is -2.81. The molecule has 1 amide bonds. The number of amides is 1. The van der Waals surface area contributed by atoms with E-state index >= 15 is 0 Å². The van der Waals surface area contributed by atoms with Crippen LogP contribution in [0.15, 0.2) is 27.8 Å². The Balaban J connectivity index is 1.64. The summed E-state index contributed by atoms with van der Waals surface area (Å²) in [5.74, 6) is -0.339. The second-order valence-electron chi connectivity index (χ2n) is 7.21. The van der Waals surface area contributed by atoms with E-state index in [2.05, 4.69) is 27.4 Å². The van der Waals surface area contributed by atoms with Crippen molar-refractivity contribution in [2.45, 2.75) is 65.3 Å². The normalized spacial score (nSPS) is 11.1. The Kier molecular flexibility index (Phi) is 7.51. The van der Waals surface area contributed by atoms with Crippen molar-refractivity contribution in [2.24, 2.45) is 0 Å². The Morgan fingerprint density at radius 1 is 1.10 bits per heavy atom. The zero-order valence-electron chi connectivity index (χ0n) is 17.4. The van der Waals surface area contributed by atoms with Gasteiger partial charge in [0, 0.05) is 18.5 Å². The van der Waals surface area contributed by atoms with Crippen molar-refractivity contribution in [2.75, 3.05) is 5.32 Å². The molecule has 0 bridgehead atoms. The highest BCUT2D eigenvalue weighted by Crippen LogP contribution is 2.20. The number of H-pyrrole nitrogens is 1. The summed E-state index contributed by atoms with van der Waals surface area (Å²) in [5, 5.41) is 12.3. The van der Waals surface area contributed by atoms with Crippen LogP contribution in [0.5, 0.6) is 0 Å². The number of nitrogens with zero attached hydrogens (tertiary/aromatic N) is 3. The van der Waals surface area contributed by atoms with Crippen LogP contribution in [0.1, 0.15) is 67.7 Å². The molecule has 160 valence electrons. The molecule has 3 aromatic rings. The monoisotopic (exact) mass is 429 g/mol. The van der Waals surface area contributed by atoms with E-state index in [1.807, 2.05) is 0 Å². The van der Waals surface area contributed by atoms with Gasteiger partial charge in [0.15, 0.2) is 0 Å². The molecule has 0 aliphatic carbocycles. The summed E-state index contributed by atoms with van der Waals surface area (Å²) in [6.07, 6.45) is 8.17. The molecule has 0 saturated heterocycles. The molecule has 8 nitrogen and oxygen atoms in total. The predicted octanol–water partition coefficient (Wildman–Crippen LogP) is 3.72. The average molecular weight is 430 g/mol. The van der Waals surface area contributed by atoms with Crippen LogP contribution in [0.25, 0.3) is 11.0 Å². The molecule has 2 heterocycles. The van der Waals surface area contributed by atoms with Crippen LogP contribution in [0.4, 0.5) is 5.13 Å². The van der Waals surface area contributed by atoms with E-state index in [0.717, 1.165) is 17.8 Å². The van der Waals surface area contributed by atoms with E-state index in [4.69, 9.17) is 0 Å². The lowest BCUT2D eigenvalue weighted by atomic mass is 10.1. The van der Waals surface area contributed by atoms with Gasteiger partial charge in [0.05, 0.1) is 11.0 Å². The number of benzene rings is 1. The lowest BCUT2D eigenvalue weighted by Crippen LogP contribution is -2.36. The third kappa shape index (κ3) is 5.21. The maximum absolute atomic E-state index is 12.6. The molecular formula is C21H27N5O3S. The number of unbranched alkanes of at least 4 members (excludes halogenated alkanes) is 5. The van der Waals surface area contributed by atoms with Crippen molar-refractivity contribution < 1.29 is 4.79 Å². The summed E-state index contributed by atoms with van der Waals surface area (Å²) >= 11 is 1.38. The minimum Gasteiger partial charge on any atom is -0.316 e. The zero-order chi connectivity index (χ0) is 21.5. The summed E-state index contributed by atoms with van der Waals surface area (Å²) in [6, 6.07) is 4.85. The first-order chi connectivity index (χ1) is 14.5. The Labute approximate surface area is 178 Å². The first-order valence-corrected chi connectivity index (χ1v) is 11.3. The quantitative estimate of drug-likeness (QED) is 0.377. The molecular weight excluding hydrogens is 402 g/mol. The van der Waals surface area contributed by atoms with Crippen molar-refractivity contribution >= 4 is 33.4 Å². The molecule has 0 radical (unpaired) electrons. The third-order valence-electron chi connectivity index (χ3n) is 4.98. The number of aromatic nitrogens is 4. The van der Waals surface area contributed by atoms with Gasteiger partial charge < -0.3 is 9.55 Å². The molecule has 0 fully saturated rings. The van der Waals surface area contributed by atoms with Crippen LogP contribution >= 0.6 is 11.3 Å². The topological polar surface area (TPSA) is 110 Å². The number of aromatic amines is 1. The molecule has 3 rings (SSSR count). The summed E-state index contributed by atoms with van der Waals surface area (Å²) in [4.78, 5) is 38.9. The highest BCUT2D eigenvalue weighted by Gasteiger charge is 2.13. The van der Waals surface area contributed by atoms with Crippen molar-refractivity contribution in [3.05, 3.63) is 49.5 Å². The fourth-order valence-electron chi connectivity index (χ4n) is 3.37. The maximum atomic E-state index is 12.6. The first-order valence-electron chi connectivity index (χ1n) is 10.4. The van der Waals surface area contributed by atoms with Crippen molar-refractivity contribution in [3.63, 3.8) is 0 Å². The predicted molar refractivity (Wildman–Crippen MR) is 119 cm³/mol. The first kappa shape index (κ1) is 21.9. The van der Waals surface area contributed by atoms with Gasteiger partial charge in [-0.1, -0.05) is 50.4 Å². The molecule has 0 aliphatic heterocycles. The number of carbonyl (C=O) groups is 1. The van der Waals surface area contributed by atoms with Crippen LogP contribution in [0.2, 0.25) is 0 Å². The van der Waals surface area contributed by atoms with Gasteiger partial charge in [-0.2, -0.15) is 0 Å². The van der Waals surface area contributed by atoms with E-state index in [0.29, 0.717) is 28.3 Å². The van der Waals surface area contributed by atoms with Gasteiger partial charge in [-0.05, 0) is 31.5 Å². The molecule has 9 heteroatoms. The van der Waals surface area contributed by atoms with Crippen molar-refractivity contribution in [1.82, 2.24) is 19.7 Å². The number of hydrogen-bond donors (Lipinski definition) is 2. The molecule has 0 spiro atoms. The summed E-state index contributed by atoms with van der Waals surface area (Å²) in [6.45, 7) is 4.37. The van der Waals surface area contributed by atoms with E-state index in [1.54, 1.807) is 25.1 Å². The second kappa shape index (κ2) is 10.3. The number of fused-ring (bicyclic) bond motifs is 1. The van der Waals surface area contributed by atoms with E-state index < -0.39 is 11.1 Å². The van der Waals surface area contributed by atoms with Crippen LogP contribution in [0, 0.1) is 0 Å². The summed E-state index contributed by atoms with van der Waals surface area (Å²) < 4.78 is 1.38. The van der Waals surface area contributed by atoms with Gasteiger partial charge in [0.2, 0.25) is 5.13 Å². The average Bonchev–Trinajstić information content (AvgIpc) is 3.18. The highest BCUT2D eigenvalue weighted by atomic mass is 32.1. The SMILES string of the molecule is CCCCCCCCc1nnc(NC(=O)c2ccc3c(c2)[nH]c(=O)c(=O)n3CC)s1. The van der Waals surface area contributed by atoms with Crippen molar-refractivity contribution in [3.8, 4) is 0 Å². The Bertz CT molecular complexity index is 1130. The zero-order valence-corrected chi connectivity index (χ0v) is 18.2. The number of anilines is 1. The lowest BCUT2D eigenvalue weighted by molar-refractivity contribution is 0.102. The van der Waals surface area contributed by atoms with Crippen LogP contribution < -0.4 is 16.4 Å². The van der Waals surface area contributed by atoms with Gasteiger partial charge in [-0.3, -0.25) is 19.7 Å². The van der Waals surface area contributed by atoms with Gasteiger partial charge >= 0.3 is 11.1 Å². The fraction of sp³-hybridized carbons (Fsp3) is 0.476. The fourth-order valence-corrected chi connectivity index (χ4v) is 4.14. The molecule has 30 heavy (non-hydrogen) atoms. The minimum atomic E-state index is -0.703. The number of carbonyl (C=O) groups excluding carboxylic acids is 1. The smallest absolute Gasteiger partial charge is 0.316 e. The largest absolute Gasteiger partial charge is 0.316 e. The molecule has 0 unspecified atom stereocenters. The molecule has 1 aromatic carbocycles. The third-order valence-corrected chi connectivity index (χ3v) is 5.88. The summed E-state index contributed by atoms with van der Waals surface area (Å²) in [7, 11) is 0. The van der Waals surface area contributed by atoms with Crippen LogP contribution in [-0.2, 0) is 13.0 Å². The van der Waals surface area contributed by atoms with Gasteiger partial charge in [0.1, 0.15) is 5.01 Å². The van der Waals surface area contributed by atoms with E-state index in [-0.39, 0.29) is 5.91 Å². The number of rotatable bonds is 10. The van der Waals surface area contributed by atoms with Crippen LogP contribution in [-0.4, -0.2) is 25.7 Å². The standard InChI is InChI=1S/C21H27N5O3S/c1-3-5-6-7-8-9-10-17-24-25-21(30-17)23-18(27)14-11-12-16-15(13-14)22-19(28)20(29)26(16)4-2/h11-13H,3-10H2,1-2H3,(H,22,28)(H,23,25,27). The molecule has 0 atom stereocenters.